The molecule has 0 saturated heterocycles. The Hall–Kier alpha value is -3.94. The van der Waals surface area contributed by atoms with E-state index in [9.17, 15) is 17.6 Å². The van der Waals surface area contributed by atoms with Crippen molar-refractivity contribution in [3.05, 3.63) is 47.2 Å². The van der Waals surface area contributed by atoms with Gasteiger partial charge in [0.25, 0.3) is 0 Å². The van der Waals surface area contributed by atoms with Crippen molar-refractivity contribution < 1.29 is 32.2 Å². The summed E-state index contributed by atoms with van der Waals surface area (Å²) in [5.74, 6) is -2.04. The van der Waals surface area contributed by atoms with E-state index in [1.165, 1.54) is 11.3 Å². The molecule has 10 nitrogen and oxygen atoms in total. The van der Waals surface area contributed by atoms with Gasteiger partial charge < -0.3 is 25.8 Å². The van der Waals surface area contributed by atoms with Crippen molar-refractivity contribution in [3.8, 4) is 11.4 Å². The van der Waals surface area contributed by atoms with Crippen LogP contribution in [0.4, 0.5) is 35.0 Å². The quantitative estimate of drug-likeness (QED) is 0.393. The largest absolute Gasteiger partial charge is 0.494 e. The Morgan fingerprint density at radius 1 is 1.29 bits per heavy atom. The maximum atomic E-state index is 14.0. The molecule has 0 spiro atoms. The van der Waals surface area contributed by atoms with Crippen LogP contribution in [0, 0.1) is 12.7 Å². The lowest BCUT2D eigenvalue weighted by Crippen LogP contribution is -2.24. The summed E-state index contributed by atoms with van der Waals surface area (Å²) in [6.07, 6.45) is -2.31. The van der Waals surface area contributed by atoms with Crippen LogP contribution in [0.2, 0.25) is 0 Å². The third kappa shape index (κ3) is 5.95. The average Bonchev–Trinajstić information content (AvgIpc) is 3.25. The second-order valence-electron chi connectivity index (χ2n) is 7.31. The summed E-state index contributed by atoms with van der Waals surface area (Å²) in [5, 5.41) is 20.9. The molecule has 4 rings (SSSR count). The number of aryl methyl sites for hydroxylation is 1. The summed E-state index contributed by atoms with van der Waals surface area (Å²) in [6.45, 7) is 3.33. The van der Waals surface area contributed by atoms with Gasteiger partial charge in [-0.1, -0.05) is 0 Å². The number of nitrogens with one attached hydrogen (secondary N) is 3. The molecule has 1 aromatic carbocycles. The van der Waals surface area contributed by atoms with Gasteiger partial charge in [0.15, 0.2) is 11.6 Å². The lowest BCUT2D eigenvalue weighted by atomic mass is 10.1. The molecule has 14 heteroatoms. The van der Waals surface area contributed by atoms with Gasteiger partial charge in [-0.05, 0) is 25.1 Å². The number of aliphatic carboxylic acids is 1. The fourth-order valence-corrected chi connectivity index (χ4v) is 3.30. The standard InChI is InChI=1S/C19H22FN7O.C2HF3O2/c1-11-17(20)18(21-2)26-19(24-11)25-13-4-5-16(28-3)15(8-13)27-14-6-7-22-9-12(14)10-23-27;3-2(4,5)1(6)7/h4-5,8,10,22H,6-7,9H2,1-3H3,(H2,21,24,25,26);(H,6,7). The lowest BCUT2D eigenvalue weighted by Gasteiger charge is -2.17. The number of rotatable bonds is 5. The summed E-state index contributed by atoms with van der Waals surface area (Å²) in [4.78, 5) is 17.3. The highest BCUT2D eigenvalue weighted by Gasteiger charge is 2.38. The third-order valence-corrected chi connectivity index (χ3v) is 4.97. The first-order valence-corrected chi connectivity index (χ1v) is 10.3. The van der Waals surface area contributed by atoms with Crippen LogP contribution in [0.25, 0.3) is 5.69 Å². The Morgan fingerprint density at radius 2 is 2.00 bits per heavy atom. The minimum Gasteiger partial charge on any atom is -0.494 e. The molecular formula is C21H23F4N7O3. The minimum atomic E-state index is -5.08. The molecule has 1 aliphatic rings. The van der Waals surface area contributed by atoms with E-state index in [4.69, 9.17) is 14.6 Å². The fourth-order valence-electron chi connectivity index (χ4n) is 3.30. The SMILES string of the molecule is CNc1nc(Nc2ccc(OC)c(-n3ncc4c3CCNC4)c2)nc(C)c1F.O=C(O)C(F)(F)F. The highest BCUT2D eigenvalue weighted by Crippen LogP contribution is 2.30. The number of fused-ring (bicyclic) bond motifs is 1. The molecule has 0 atom stereocenters. The van der Waals surface area contributed by atoms with Crippen molar-refractivity contribution in [2.45, 2.75) is 26.1 Å². The van der Waals surface area contributed by atoms with E-state index in [0.29, 0.717) is 11.7 Å². The molecular weight excluding hydrogens is 474 g/mol. The number of ether oxygens (including phenoxy) is 1. The van der Waals surface area contributed by atoms with Gasteiger partial charge in [-0.25, -0.2) is 18.9 Å². The third-order valence-electron chi connectivity index (χ3n) is 4.97. The van der Waals surface area contributed by atoms with Crippen LogP contribution < -0.4 is 20.7 Å². The van der Waals surface area contributed by atoms with Crippen molar-refractivity contribution in [1.29, 1.82) is 0 Å². The van der Waals surface area contributed by atoms with Gasteiger partial charge in [0.05, 0.1) is 24.7 Å². The van der Waals surface area contributed by atoms with Gasteiger partial charge >= 0.3 is 12.1 Å². The van der Waals surface area contributed by atoms with Crippen LogP contribution in [0.1, 0.15) is 17.0 Å². The topological polar surface area (TPSA) is 126 Å². The van der Waals surface area contributed by atoms with Gasteiger partial charge in [0.2, 0.25) is 5.95 Å². The molecule has 3 aromatic rings. The maximum absolute atomic E-state index is 14.0. The maximum Gasteiger partial charge on any atom is 0.490 e. The number of alkyl halides is 3. The molecule has 2 aromatic heterocycles. The van der Waals surface area contributed by atoms with E-state index >= 15 is 0 Å². The van der Waals surface area contributed by atoms with Crippen LogP contribution in [0.3, 0.4) is 0 Å². The number of aromatic nitrogens is 4. The first-order chi connectivity index (χ1) is 16.5. The molecule has 35 heavy (non-hydrogen) atoms. The van der Waals surface area contributed by atoms with E-state index in [2.05, 4.69) is 31.0 Å². The molecule has 3 heterocycles. The van der Waals surface area contributed by atoms with Crippen LogP contribution >= 0.6 is 0 Å². The number of carboxylic acid groups (broad SMARTS) is 1. The molecule has 0 aliphatic carbocycles. The van der Waals surface area contributed by atoms with E-state index in [1.807, 2.05) is 29.1 Å². The smallest absolute Gasteiger partial charge is 0.490 e. The van der Waals surface area contributed by atoms with Crippen LogP contribution in [-0.4, -0.2) is 57.7 Å². The second-order valence-corrected chi connectivity index (χ2v) is 7.31. The van der Waals surface area contributed by atoms with Crippen LogP contribution in [-0.2, 0) is 17.8 Å². The predicted octanol–water partition coefficient (Wildman–Crippen LogP) is 3.18. The van der Waals surface area contributed by atoms with E-state index < -0.39 is 18.0 Å². The summed E-state index contributed by atoms with van der Waals surface area (Å²) < 4.78 is 53.2. The fraction of sp³-hybridized carbons (Fsp3) is 0.333. The average molecular weight is 497 g/mol. The lowest BCUT2D eigenvalue weighted by molar-refractivity contribution is -0.192. The Morgan fingerprint density at radius 3 is 2.63 bits per heavy atom. The Bertz CT molecular complexity index is 1210. The molecule has 0 radical (unpaired) electrons. The molecule has 0 bridgehead atoms. The number of anilines is 3. The van der Waals surface area contributed by atoms with E-state index in [0.717, 1.165) is 30.9 Å². The molecule has 0 amide bonds. The van der Waals surface area contributed by atoms with Crippen LogP contribution in [0.15, 0.2) is 24.4 Å². The first-order valence-electron chi connectivity index (χ1n) is 10.3. The van der Waals surface area contributed by atoms with Gasteiger partial charge in [0, 0.05) is 37.8 Å². The molecule has 0 fully saturated rings. The van der Waals surface area contributed by atoms with Crippen molar-refractivity contribution in [1.82, 2.24) is 25.1 Å². The zero-order valence-corrected chi connectivity index (χ0v) is 19.0. The molecule has 0 unspecified atom stereocenters. The zero-order chi connectivity index (χ0) is 25.8. The summed E-state index contributed by atoms with van der Waals surface area (Å²) in [5.41, 5.74) is 4.19. The zero-order valence-electron chi connectivity index (χ0n) is 19.0. The number of nitrogens with zero attached hydrogens (tertiary/aromatic N) is 4. The van der Waals surface area contributed by atoms with Crippen LogP contribution in [0.5, 0.6) is 5.75 Å². The van der Waals surface area contributed by atoms with Crippen molar-refractivity contribution in [2.75, 3.05) is 31.3 Å². The monoisotopic (exact) mass is 497 g/mol. The van der Waals surface area contributed by atoms with E-state index in [1.54, 1.807) is 21.1 Å². The van der Waals surface area contributed by atoms with Crippen molar-refractivity contribution >= 4 is 23.4 Å². The van der Waals surface area contributed by atoms with Gasteiger partial charge in [-0.2, -0.15) is 23.3 Å². The van der Waals surface area contributed by atoms with Crippen molar-refractivity contribution in [3.63, 3.8) is 0 Å². The second kappa shape index (κ2) is 10.5. The number of halogens is 4. The van der Waals surface area contributed by atoms with Gasteiger partial charge in [0.1, 0.15) is 11.4 Å². The molecule has 188 valence electrons. The number of methoxy groups -OCH3 is 1. The summed E-state index contributed by atoms with van der Waals surface area (Å²) in [6, 6.07) is 5.65. The number of carbonyl (C=O) groups is 1. The number of hydrogen-bond donors (Lipinski definition) is 4. The minimum absolute atomic E-state index is 0.150. The highest BCUT2D eigenvalue weighted by atomic mass is 19.4. The first kappa shape index (κ1) is 25.7. The Labute approximate surface area is 197 Å². The number of benzene rings is 1. The normalized spacial score (nSPS) is 12.8. The molecule has 1 aliphatic heterocycles. The highest BCUT2D eigenvalue weighted by molar-refractivity contribution is 5.73. The summed E-state index contributed by atoms with van der Waals surface area (Å²) in [7, 11) is 3.25. The molecule has 0 saturated carbocycles. The number of hydrogen-bond acceptors (Lipinski definition) is 8. The summed E-state index contributed by atoms with van der Waals surface area (Å²) >= 11 is 0. The van der Waals surface area contributed by atoms with E-state index in [-0.39, 0.29) is 11.5 Å². The van der Waals surface area contributed by atoms with Gasteiger partial charge in [-0.15, -0.1) is 0 Å². The Balaban J connectivity index is 0.000000429. The molecule has 4 N–H and O–H groups in total. The van der Waals surface area contributed by atoms with Crippen molar-refractivity contribution in [2.24, 2.45) is 0 Å². The predicted molar refractivity (Wildman–Crippen MR) is 119 cm³/mol. The van der Waals surface area contributed by atoms with Gasteiger partial charge in [-0.3, -0.25) is 0 Å². The number of carboxylic acids is 1. The Kier molecular flexibility index (Phi) is 7.74.